The molecule has 1 amide bonds. The molecular formula is C20H25FN2O2. The maximum Gasteiger partial charge on any atom is 0.231 e. The zero-order valence-corrected chi connectivity index (χ0v) is 14.9. The third-order valence-electron chi connectivity index (χ3n) is 5.16. The van der Waals surface area contributed by atoms with Crippen LogP contribution in [-0.4, -0.2) is 42.1 Å². The van der Waals surface area contributed by atoms with Crippen LogP contribution in [0.4, 0.5) is 4.39 Å². The van der Waals surface area contributed by atoms with Gasteiger partial charge < -0.3 is 9.80 Å². The van der Waals surface area contributed by atoms with Gasteiger partial charge in [-0.2, -0.15) is 0 Å². The highest BCUT2D eigenvalue weighted by Crippen LogP contribution is 2.41. The average Bonchev–Trinajstić information content (AvgIpc) is 3.42. The topological polar surface area (TPSA) is 40.6 Å². The molecule has 0 spiro atoms. The van der Waals surface area contributed by atoms with Crippen molar-refractivity contribution in [1.82, 2.24) is 9.80 Å². The molecule has 1 aliphatic heterocycles. The van der Waals surface area contributed by atoms with Crippen LogP contribution >= 0.6 is 0 Å². The second kappa shape index (κ2) is 6.98. The molecule has 25 heavy (non-hydrogen) atoms. The van der Waals surface area contributed by atoms with Gasteiger partial charge >= 0.3 is 0 Å². The van der Waals surface area contributed by atoms with Crippen LogP contribution in [0.1, 0.15) is 37.3 Å². The lowest BCUT2D eigenvalue weighted by atomic mass is 9.88. The summed E-state index contributed by atoms with van der Waals surface area (Å²) in [6.07, 6.45) is 3.23. The molecule has 1 aromatic rings. The van der Waals surface area contributed by atoms with E-state index in [-0.39, 0.29) is 29.3 Å². The Labute approximate surface area is 148 Å². The molecule has 5 heteroatoms. The van der Waals surface area contributed by atoms with Crippen LogP contribution < -0.4 is 0 Å². The molecule has 2 atom stereocenters. The number of likely N-dealkylation sites (tertiary alicyclic amines) is 1. The van der Waals surface area contributed by atoms with Gasteiger partial charge in [-0.25, -0.2) is 4.39 Å². The molecular weight excluding hydrogens is 319 g/mol. The zero-order valence-electron chi connectivity index (χ0n) is 14.9. The molecule has 0 radical (unpaired) electrons. The number of benzene rings is 1. The first-order valence-electron chi connectivity index (χ1n) is 8.86. The fraction of sp³-hybridized carbons (Fsp3) is 0.500. The number of carbonyl (C=O) groups is 2. The molecule has 1 saturated carbocycles. The molecule has 0 aromatic heterocycles. The number of nitrogens with zero attached hydrogens (tertiary/aromatic N) is 2. The van der Waals surface area contributed by atoms with Gasteiger partial charge in [0.1, 0.15) is 11.9 Å². The second-order valence-corrected chi connectivity index (χ2v) is 7.21. The first kappa shape index (κ1) is 17.6. The van der Waals surface area contributed by atoms with Gasteiger partial charge in [-0.1, -0.05) is 24.8 Å². The largest absolute Gasteiger partial charge is 0.361 e. The minimum Gasteiger partial charge on any atom is -0.361 e. The van der Waals surface area contributed by atoms with Gasteiger partial charge in [0, 0.05) is 37.8 Å². The molecule has 2 aliphatic rings. The van der Waals surface area contributed by atoms with Gasteiger partial charge in [0.25, 0.3) is 0 Å². The highest BCUT2D eigenvalue weighted by Gasteiger charge is 2.42. The molecule has 0 N–H and O–H groups in total. The predicted octanol–water partition coefficient (Wildman–Crippen LogP) is 3.16. The van der Waals surface area contributed by atoms with Crippen molar-refractivity contribution >= 4 is 11.7 Å². The Balaban J connectivity index is 1.95. The maximum absolute atomic E-state index is 14.5. The summed E-state index contributed by atoms with van der Waals surface area (Å²) in [5.74, 6) is -0.687. The lowest BCUT2D eigenvalue weighted by molar-refractivity contribution is -0.134. The van der Waals surface area contributed by atoms with Crippen LogP contribution in [0.2, 0.25) is 0 Å². The fourth-order valence-electron chi connectivity index (χ4n) is 3.61. The number of hydrogen-bond donors (Lipinski definition) is 0. The number of hydrogen-bond acceptors (Lipinski definition) is 3. The summed E-state index contributed by atoms with van der Waals surface area (Å²) in [5, 5.41) is 0. The summed E-state index contributed by atoms with van der Waals surface area (Å²) < 4.78 is 14.5. The van der Waals surface area contributed by atoms with E-state index < -0.39 is 6.04 Å². The summed E-state index contributed by atoms with van der Waals surface area (Å²) in [6.45, 7) is 4.74. The summed E-state index contributed by atoms with van der Waals surface area (Å²) in [7, 11) is 3.44. The lowest BCUT2D eigenvalue weighted by Crippen LogP contribution is -2.44. The van der Waals surface area contributed by atoms with Crippen molar-refractivity contribution in [2.45, 2.75) is 31.7 Å². The highest BCUT2D eigenvalue weighted by atomic mass is 19.1. The van der Waals surface area contributed by atoms with Crippen molar-refractivity contribution in [2.24, 2.45) is 11.8 Å². The number of ketones is 1. The van der Waals surface area contributed by atoms with Gasteiger partial charge in [0.2, 0.25) is 5.91 Å². The third kappa shape index (κ3) is 3.46. The van der Waals surface area contributed by atoms with Crippen molar-refractivity contribution in [3.63, 3.8) is 0 Å². The number of amides is 1. The maximum atomic E-state index is 14.5. The minimum absolute atomic E-state index is 0.00216. The molecule has 134 valence electrons. The molecule has 1 aromatic carbocycles. The Morgan fingerprint density at radius 3 is 2.52 bits per heavy atom. The summed E-state index contributed by atoms with van der Waals surface area (Å²) in [6, 6.07) is 5.75. The third-order valence-corrected chi connectivity index (χ3v) is 5.16. The zero-order chi connectivity index (χ0) is 18.1. The van der Waals surface area contributed by atoms with E-state index in [0.29, 0.717) is 24.2 Å². The van der Waals surface area contributed by atoms with E-state index in [2.05, 4.69) is 6.58 Å². The van der Waals surface area contributed by atoms with Crippen LogP contribution in [0.3, 0.4) is 0 Å². The van der Waals surface area contributed by atoms with Gasteiger partial charge in [-0.05, 0) is 31.7 Å². The van der Waals surface area contributed by atoms with E-state index in [1.165, 1.54) is 6.07 Å². The van der Waals surface area contributed by atoms with Crippen molar-refractivity contribution < 1.29 is 14.0 Å². The highest BCUT2D eigenvalue weighted by molar-refractivity contribution is 5.90. The molecule has 3 rings (SSSR count). The van der Waals surface area contributed by atoms with E-state index in [1.807, 2.05) is 4.90 Å². The fourth-order valence-corrected chi connectivity index (χ4v) is 3.61. The van der Waals surface area contributed by atoms with Gasteiger partial charge in [-0.3, -0.25) is 9.59 Å². The van der Waals surface area contributed by atoms with Crippen molar-refractivity contribution in [2.75, 3.05) is 20.6 Å². The molecule has 2 unspecified atom stereocenters. The molecule has 1 saturated heterocycles. The van der Waals surface area contributed by atoms with Gasteiger partial charge in [-0.15, -0.1) is 0 Å². The van der Waals surface area contributed by atoms with Gasteiger partial charge in [0.05, 0.1) is 5.92 Å². The smallest absolute Gasteiger partial charge is 0.231 e. The van der Waals surface area contributed by atoms with Crippen LogP contribution in [0.5, 0.6) is 0 Å². The normalized spacial score (nSPS) is 21.8. The quantitative estimate of drug-likeness (QED) is 0.824. The monoisotopic (exact) mass is 344 g/mol. The van der Waals surface area contributed by atoms with Crippen molar-refractivity contribution in [1.29, 1.82) is 0 Å². The van der Waals surface area contributed by atoms with Crippen molar-refractivity contribution in [3.05, 3.63) is 47.9 Å². The summed E-state index contributed by atoms with van der Waals surface area (Å²) in [5.41, 5.74) is 1.02. The van der Waals surface area contributed by atoms with E-state index in [4.69, 9.17) is 0 Å². The summed E-state index contributed by atoms with van der Waals surface area (Å²) in [4.78, 5) is 28.9. The molecule has 1 aliphatic carbocycles. The van der Waals surface area contributed by atoms with E-state index in [9.17, 15) is 14.0 Å². The Kier molecular flexibility index (Phi) is 4.93. The van der Waals surface area contributed by atoms with Gasteiger partial charge in [0.15, 0.2) is 5.78 Å². The second-order valence-electron chi connectivity index (χ2n) is 7.21. The predicted molar refractivity (Wildman–Crippen MR) is 94.1 cm³/mol. The summed E-state index contributed by atoms with van der Waals surface area (Å²) >= 11 is 0. The minimum atomic E-state index is -0.682. The molecule has 2 fully saturated rings. The van der Waals surface area contributed by atoms with Crippen LogP contribution in [0.15, 0.2) is 36.5 Å². The molecule has 0 bridgehead atoms. The van der Waals surface area contributed by atoms with Crippen LogP contribution in [-0.2, 0) is 9.59 Å². The first-order chi connectivity index (χ1) is 11.9. The number of piperidine rings is 1. The Bertz CT molecular complexity index is 697. The number of rotatable bonds is 5. The van der Waals surface area contributed by atoms with E-state index in [0.717, 1.165) is 19.3 Å². The number of Topliss-reactive ketones (excluding diaryl/α,β-unsaturated/α-hetero) is 1. The van der Waals surface area contributed by atoms with E-state index in [1.54, 1.807) is 37.2 Å². The molecule has 4 nitrogen and oxygen atoms in total. The van der Waals surface area contributed by atoms with Crippen LogP contribution in [0, 0.1) is 17.7 Å². The lowest BCUT2D eigenvalue weighted by Gasteiger charge is -2.41. The SMILES string of the molecule is C=C1C(C(=O)N(C)C)CCCN1C(C(=O)C1CC1)c1ccccc1F. The Morgan fingerprint density at radius 2 is 1.92 bits per heavy atom. The van der Waals surface area contributed by atoms with Crippen LogP contribution in [0.25, 0.3) is 0 Å². The number of carbonyl (C=O) groups excluding carboxylic acids is 2. The number of halogens is 1. The average molecular weight is 344 g/mol. The molecule has 1 heterocycles. The van der Waals surface area contributed by atoms with Crippen molar-refractivity contribution in [3.8, 4) is 0 Å². The van der Waals surface area contributed by atoms with E-state index >= 15 is 0 Å². The Morgan fingerprint density at radius 1 is 1.24 bits per heavy atom. The Hall–Kier alpha value is -2.17. The standard InChI is InChI=1S/C20H25FN2O2/c1-13-15(20(25)22(2)3)8-6-12-23(13)18(19(24)14-10-11-14)16-7-4-5-9-17(16)21/h4-5,7,9,14-15,18H,1,6,8,10-12H2,2-3H3. The first-order valence-corrected chi connectivity index (χ1v) is 8.86.